The van der Waals surface area contributed by atoms with Crippen molar-refractivity contribution in [3.63, 3.8) is 0 Å². The van der Waals surface area contributed by atoms with Gasteiger partial charge in [-0.25, -0.2) is 4.98 Å². The number of nitrogens with one attached hydrogen (secondary N) is 1. The molecule has 6 heteroatoms. The maximum atomic E-state index is 11.2. The highest BCUT2D eigenvalue weighted by atomic mass is 35.5. The number of carboxylic acid groups (broad SMARTS) is 1. The molecular formula is C19H26ClN3O2. The number of benzene rings is 1. The Bertz CT molecular complexity index is 695. The molecule has 0 spiro atoms. The summed E-state index contributed by atoms with van der Waals surface area (Å²) in [6.45, 7) is 3.24. The van der Waals surface area contributed by atoms with Crippen molar-refractivity contribution in [2.45, 2.75) is 32.1 Å². The molecule has 2 aromatic rings. The molecule has 25 heavy (non-hydrogen) atoms. The highest BCUT2D eigenvalue weighted by Gasteiger charge is 2.34. The molecule has 2 heterocycles. The van der Waals surface area contributed by atoms with Gasteiger partial charge in [0.05, 0.1) is 11.0 Å². The first-order chi connectivity index (χ1) is 11.7. The lowest BCUT2D eigenvalue weighted by Crippen LogP contribution is -2.43. The van der Waals surface area contributed by atoms with Gasteiger partial charge in [-0.1, -0.05) is 12.1 Å². The average Bonchev–Trinajstić information content (AvgIpc) is 3.26. The molecule has 2 atom stereocenters. The Balaban J connectivity index is 0.00000182. The summed E-state index contributed by atoms with van der Waals surface area (Å²) >= 11 is 0. The van der Waals surface area contributed by atoms with Gasteiger partial charge in [-0.15, -0.1) is 12.4 Å². The van der Waals surface area contributed by atoms with Crippen LogP contribution in [0.4, 0.5) is 0 Å². The molecule has 4 rings (SSSR count). The van der Waals surface area contributed by atoms with Crippen LogP contribution in [-0.4, -0.2) is 45.6 Å². The van der Waals surface area contributed by atoms with Gasteiger partial charge in [0, 0.05) is 25.9 Å². The van der Waals surface area contributed by atoms with Crippen LogP contribution >= 0.6 is 12.4 Å². The number of carboxylic acids is 1. The molecule has 1 aliphatic heterocycles. The van der Waals surface area contributed by atoms with E-state index in [1.54, 1.807) is 0 Å². The second-order valence-electron chi connectivity index (χ2n) is 7.51. The Morgan fingerprint density at radius 2 is 2.04 bits per heavy atom. The highest BCUT2D eigenvalue weighted by Crippen LogP contribution is 2.34. The highest BCUT2D eigenvalue weighted by molar-refractivity contribution is 5.85. The summed E-state index contributed by atoms with van der Waals surface area (Å²) < 4.78 is 0. The number of rotatable bonds is 6. The van der Waals surface area contributed by atoms with Gasteiger partial charge in [0.15, 0.2) is 0 Å². The van der Waals surface area contributed by atoms with Crippen LogP contribution in [0.3, 0.4) is 0 Å². The van der Waals surface area contributed by atoms with Gasteiger partial charge in [0.1, 0.15) is 5.82 Å². The fourth-order valence-corrected chi connectivity index (χ4v) is 4.06. The molecule has 1 saturated carbocycles. The predicted molar refractivity (Wildman–Crippen MR) is 100 cm³/mol. The number of H-pyrrole nitrogens is 1. The number of piperidine rings is 1. The molecule has 5 nitrogen and oxygen atoms in total. The largest absolute Gasteiger partial charge is 0.481 e. The predicted octanol–water partition coefficient (Wildman–Crippen LogP) is 3.35. The Kier molecular flexibility index (Phi) is 5.64. The molecule has 2 N–H and O–H groups in total. The van der Waals surface area contributed by atoms with Crippen molar-refractivity contribution in [2.75, 3.05) is 19.6 Å². The fourth-order valence-electron chi connectivity index (χ4n) is 4.06. The first kappa shape index (κ1) is 18.2. The number of hydrogen-bond donors (Lipinski definition) is 2. The lowest BCUT2D eigenvalue weighted by Gasteiger charge is -2.38. The molecule has 1 aromatic carbocycles. The summed E-state index contributed by atoms with van der Waals surface area (Å²) in [5, 5.41) is 9.25. The number of likely N-dealkylation sites (tertiary alicyclic amines) is 1. The molecule has 1 aromatic heterocycles. The molecule has 0 bridgehead atoms. The van der Waals surface area contributed by atoms with Gasteiger partial charge in [0.2, 0.25) is 0 Å². The molecule has 1 saturated heterocycles. The van der Waals surface area contributed by atoms with Gasteiger partial charge >= 0.3 is 5.97 Å². The summed E-state index contributed by atoms with van der Waals surface area (Å²) in [6.07, 6.45) is 4.84. The first-order valence-corrected chi connectivity index (χ1v) is 9.05. The quantitative estimate of drug-likeness (QED) is 0.825. The zero-order chi connectivity index (χ0) is 16.5. The number of aromatic amines is 1. The van der Waals surface area contributed by atoms with Crippen LogP contribution in [0.1, 0.15) is 31.5 Å². The van der Waals surface area contributed by atoms with Crippen molar-refractivity contribution >= 4 is 29.4 Å². The standard InChI is InChI=1S/C19H25N3O2.ClH/c23-19(24)10-14-7-8-22(11-13-5-6-13)12-15(14)9-18-20-16-3-1-2-4-17(16)21-18;/h1-4,13-15H,5-12H2,(H,20,21)(H,23,24);1H/t14-,15-;/m0./s1. The molecule has 0 unspecified atom stereocenters. The topological polar surface area (TPSA) is 69.2 Å². The number of para-hydroxylation sites is 2. The number of carbonyl (C=O) groups is 1. The Hall–Kier alpha value is -1.59. The van der Waals surface area contributed by atoms with E-state index in [0.717, 1.165) is 48.7 Å². The summed E-state index contributed by atoms with van der Waals surface area (Å²) in [5.74, 6) is 1.82. The lowest BCUT2D eigenvalue weighted by atomic mass is 9.81. The van der Waals surface area contributed by atoms with Crippen molar-refractivity contribution < 1.29 is 9.90 Å². The van der Waals surface area contributed by atoms with E-state index in [4.69, 9.17) is 4.98 Å². The Labute approximate surface area is 154 Å². The monoisotopic (exact) mass is 363 g/mol. The van der Waals surface area contributed by atoms with Crippen molar-refractivity contribution in [1.82, 2.24) is 14.9 Å². The molecule has 1 aliphatic carbocycles. The van der Waals surface area contributed by atoms with E-state index in [-0.39, 0.29) is 24.7 Å². The Morgan fingerprint density at radius 3 is 2.76 bits per heavy atom. The minimum atomic E-state index is -0.676. The zero-order valence-electron chi connectivity index (χ0n) is 14.4. The summed E-state index contributed by atoms with van der Waals surface area (Å²) in [4.78, 5) is 21.9. The van der Waals surface area contributed by atoms with Crippen LogP contribution in [0.2, 0.25) is 0 Å². The summed E-state index contributed by atoms with van der Waals surface area (Å²) in [7, 11) is 0. The number of aliphatic carboxylic acids is 1. The second-order valence-corrected chi connectivity index (χ2v) is 7.51. The Morgan fingerprint density at radius 1 is 1.24 bits per heavy atom. The number of imidazole rings is 1. The van der Waals surface area contributed by atoms with Gasteiger partial charge < -0.3 is 15.0 Å². The van der Waals surface area contributed by atoms with E-state index in [9.17, 15) is 9.90 Å². The van der Waals surface area contributed by atoms with E-state index in [0.29, 0.717) is 5.92 Å². The van der Waals surface area contributed by atoms with Gasteiger partial charge in [0.25, 0.3) is 0 Å². The van der Waals surface area contributed by atoms with Crippen LogP contribution in [0.15, 0.2) is 24.3 Å². The molecule has 2 aliphatic rings. The second kappa shape index (κ2) is 7.75. The van der Waals surface area contributed by atoms with Crippen LogP contribution < -0.4 is 0 Å². The molecule has 0 amide bonds. The molecule has 136 valence electrons. The number of aromatic nitrogens is 2. The maximum absolute atomic E-state index is 11.2. The van der Waals surface area contributed by atoms with E-state index in [1.165, 1.54) is 19.4 Å². The van der Waals surface area contributed by atoms with Crippen LogP contribution in [0, 0.1) is 17.8 Å². The number of halogens is 1. The van der Waals surface area contributed by atoms with Crippen molar-refractivity contribution in [1.29, 1.82) is 0 Å². The van der Waals surface area contributed by atoms with E-state index in [2.05, 4.69) is 9.88 Å². The van der Waals surface area contributed by atoms with Gasteiger partial charge in [-0.05, 0) is 55.7 Å². The van der Waals surface area contributed by atoms with Crippen molar-refractivity contribution in [3.05, 3.63) is 30.1 Å². The van der Waals surface area contributed by atoms with Crippen molar-refractivity contribution in [2.24, 2.45) is 17.8 Å². The molecule has 0 radical (unpaired) electrons. The SMILES string of the molecule is Cl.O=C(O)C[C@@H]1CCN(CC2CC2)C[C@@H]1Cc1nc2ccccc2[nH]1. The number of hydrogen-bond acceptors (Lipinski definition) is 3. The van der Waals surface area contributed by atoms with Crippen LogP contribution in [-0.2, 0) is 11.2 Å². The zero-order valence-corrected chi connectivity index (χ0v) is 15.2. The van der Waals surface area contributed by atoms with Crippen LogP contribution in [0.25, 0.3) is 11.0 Å². The average molecular weight is 364 g/mol. The number of nitrogens with zero attached hydrogens (tertiary/aromatic N) is 2. The van der Waals surface area contributed by atoms with Crippen LogP contribution in [0.5, 0.6) is 0 Å². The maximum Gasteiger partial charge on any atom is 0.303 e. The normalized spacial score (nSPS) is 24.2. The van der Waals surface area contributed by atoms with Gasteiger partial charge in [-0.3, -0.25) is 4.79 Å². The van der Waals surface area contributed by atoms with E-state index < -0.39 is 5.97 Å². The third kappa shape index (κ3) is 4.53. The third-order valence-corrected chi connectivity index (χ3v) is 5.52. The fraction of sp³-hybridized carbons (Fsp3) is 0.579. The lowest BCUT2D eigenvalue weighted by molar-refractivity contribution is -0.139. The minimum absolute atomic E-state index is 0. The van der Waals surface area contributed by atoms with Crippen molar-refractivity contribution in [3.8, 4) is 0 Å². The molecule has 2 fully saturated rings. The summed E-state index contributed by atoms with van der Waals surface area (Å²) in [6, 6.07) is 8.07. The first-order valence-electron chi connectivity index (χ1n) is 9.05. The molecular weight excluding hydrogens is 338 g/mol. The third-order valence-electron chi connectivity index (χ3n) is 5.52. The summed E-state index contributed by atoms with van der Waals surface area (Å²) in [5.41, 5.74) is 2.06. The smallest absolute Gasteiger partial charge is 0.303 e. The van der Waals surface area contributed by atoms with Gasteiger partial charge in [-0.2, -0.15) is 0 Å². The minimum Gasteiger partial charge on any atom is -0.481 e. The number of fused-ring (bicyclic) bond motifs is 1. The van der Waals surface area contributed by atoms with E-state index >= 15 is 0 Å². The van der Waals surface area contributed by atoms with E-state index in [1.807, 2.05) is 24.3 Å².